The smallest absolute Gasteiger partial charge is 0.321 e. The van der Waals surface area contributed by atoms with Gasteiger partial charge < -0.3 is 10.2 Å². The van der Waals surface area contributed by atoms with Crippen molar-refractivity contribution in [2.24, 2.45) is 0 Å². The molecule has 4 rings (SSSR count). The number of aromatic nitrogens is 1. The Morgan fingerprint density at radius 2 is 2.12 bits per heavy atom. The molecule has 0 radical (unpaired) electrons. The average molecular weight is 391 g/mol. The van der Waals surface area contributed by atoms with E-state index in [1.165, 1.54) is 35.5 Å². The van der Waals surface area contributed by atoms with Crippen molar-refractivity contribution in [1.82, 2.24) is 15.2 Å². The van der Waals surface area contributed by atoms with Crippen LogP contribution >= 0.6 is 22.7 Å². The Balaban J connectivity index is 1.38. The van der Waals surface area contributed by atoms with E-state index in [1.807, 2.05) is 23.3 Å². The Hall–Kier alpha value is -1.93. The van der Waals surface area contributed by atoms with Crippen LogP contribution < -0.4 is 10.6 Å². The molecular formula is C18H22N4O2S2. The van der Waals surface area contributed by atoms with Crippen molar-refractivity contribution in [3.05, 3.63) is 32.5 Å². The molecule has 138 valence electrons. The highest BCUT2D eigenvalue weighted by molar-refractivity contribution is 7.16. The highest BCUT2D eigenvalue weighted by Gasteiger charge is 2.26. The quantitative estimate of drug-likeness (QED) is 0.838. The molecule has 0 atom stereocenters. The van der Waals surface area contributed by atoms with Crippen LogP contribution in [-0.2, 0) is 13.0 Å². The van der Waals surface area contributed by atoms with Crippen LogP contribution in [0.4, 0.5) is 9.93 Å². The minimum absolute atomic E-state index is 0.0793. The number of carbonyl (C=O) groups excluding carboxylic acids is 2. The van der Waals surface area contributed by atoms with Crippen molar-refractivity contribution in [1.29, 1.82) is 0 Å². The lowest BCUT2D eigenvalue weighted by atomic mass is 10.1. The lowest BCUT2D eigenvalue weighted by molar-refractivity contribution is 0.0741. The number of urea groups is 1. The van der Waals surface area contributed by atoms with Gasteiger partial charge in [-0.05, 0) is 36.8 Å². The molecule has 8 heteroatoms. The molecule has 6 nitrogen and oxygen atoms in total. The zero-order valence-corrected chi connectivity index (χ0v) is 16.3. The van der Waals surface area contributed by atoms with E-state index in [4.69, 9.17) is 0 Å². The minimum Gasteiger partial charge on any atom is -0.335 e. The minimum atomic E-state index is -0.176. The molecule has 2 N–H and O–H groups in total. The number of thiazole rings is 1. The Bertz CT molecular complexity index is 823. The van der Waals surface area contributed by atoms with Crippen molar-refractivity contribution in [2.45, 2.75) is 51.6 Å². The van der Waals surface area contributed by atoms with Crippen molar-refractivity contribution in [3.8, 4) is 0 Å². The predicted molar refractivity (Wildman–Crippen MR) is 104 cm³/mol. The number of hydrogen-bond donors (Lipinski definition) is 2. The Kier molecular flexibility index (Phi) is 4.95. The fourth-order valence-electron chi connectivity index (χ4n) is 3.51. The van der Waals surface area contributed by atoms with Crippen LogP contribution in [0.5, 0.6) is 0 Å². The summed E-state index contributed by atoms with van der Waals surface area (Å²) in [5.41, 5.74) is 2.12. The van der Waals surface area contributed by atoms with E-state index in [9.17, 15) is 9.59 Å². The molecule has 0 spiro atoms. The van der Waals surface area contributed by atoms with Crippen LogP contribution in [0.2, 0.25) is 0 Å². The number of aryl methyl sites for hydroxylation is 1. The van der Waals surface area contributed by atoms with Crippen LogP contribution in [0.15, 0.2) is 11.4 Å². The third-order valence-corrected chi connectivity index (χ3v) is 6.90. The van der Waals surface area contributed by atoms with Crippen LogP contribution in [0, 0.1) is 6.92 Å². The van der Waals surface area contributed by atoms with Crippen molar-refractivity contribution in [2.75, 3.05) is 11.9 Å². The number of hydrogen-bond acceptors (Lipinski definition) is 5. The second-order valence-electron chi connectivity index (χ2n) is 6.93. The molecule has 26 heavy (non-hydrogen) atoms. The molecule has 2 aromatic rings. The maximum atomic E-state index is 12.6. The molecule has 1 fully saturated rings. The third kappa shape index (κ3) is 3.76. The molecule has 0 aromatic carbocycles. The van der Waals surface area contributed by atoms with Crippen LogP contribution in [0.3, 0.4) is 0 Å². The van der Waals surface area contributed by atoms with Gasteiger partial charge in [0.15, 0.2) is 5.13 Å². The molecule has 3 amide bonds. The first-order valence-corrected chi connectivity index (χ1v) is 10.7. The molecule has 0 saturated heterocycles. The number of nitrogens with zero attached hydrogens (tertiary/aromatic N) is 2. The third-order valence-electron chi connectivity index (χ3n) is 4.87. The van der Waals surface area contributed by atoms with Gasteiger partial charge in [0.25, 0.3) is 5.91 Å². The normalized spacial score (nSPS) is 17.2. The molecular weight excluding hydrogens is 368 g/mol. The molecule has 2 aromatic heterocycles. The van der Waals surface area contributed by atoms with E-state index in [0.717, 1.165) is 40.3 Å². The van der Waals surface area contributed by atoms with Gasteiger partial charge in [-0.25, -0.2) is 9.78 Å². The Morgan fingerprint density at radius 1 is 1.31 bits per heavy atom. The molecule has 1 saturated carbocycles. The van der Waals surface area contributed by atoms with Crippen LogP contribution in [0.25, 0.3) is 0 Å². The largest absolute Gasteiger partial charge is 0.335 e. The predicted octanol–water partition coefficient (Wildman–Crippen LogP) is 3.78. The van der Waals surface area contributed by atoms with Crippen molar-refractivity contribution >= 4 is 39.7 Å². The summed E-state index contributed by atoms with van der Waals surface area (Å²) in [5.74, 6) is 0.0793. The molecule has 3 heterocycles. The molecule has 1 aliphatic heterocycles. The van der Waals surface area contributed by atoms with Gasteiger partial charge in [-0.3, -0.25) is 10.1 Å². The van der Waals surface area contributed by atoms with Crippen LogP contribution in [-0.4, -0.2) is 34.4 Å². The average Bonchev–Trinajstić information content (AvgIpc) is 3.34. The topological polar surface area (TPSA) is 74.3 Å². The van der Waals surface area contributed by atoms with E-state index >= 15 is 0 Å². The maximum Gasteiger partial charge on any atom is 0.321 e. The lowest BCUT2D eigenvalue weighted by Gasteiger charge is -2.25. The van der Waals surface area contributed by atoms with E-state index in [2.05, 4.69) is 15.6 Å². The highest BCUT2D eigenvalue weighted by atomic mass is 32.1. The van der Waals surface area contributed by atoms with Gasteiger partial charge in [0.2, 0.25) is 0 Å². The van der Waals surface area contributed by atoms with Crippen LogP contribution in [0.1, 0.15) is 51.5 Å². The number of thiophene rings is 1. The number of anilines is 1. The number of nitrogens with one attached hydrogen (secondary N) is 2. The highest BCUT2D eigenvalue weighted by Crippen LogP contribution is 2.30. The molecule has 2 aliphatic rings. The summed E-state index contributed by atoms with van der Waals surface area (Å²) in [4.78, 5) is 33.0. The van der Waals surface area contributed by atoms with Crippen molar-refractivity contribution in [3.63, 3.8) is 0 Å². The summed E-state index contributed by atoms with van der Waals surface area (Å²) in [6.07, 6.45) is 5.21. The summed E-state index contributed by atoms with van der Waals surface area (Å²) in [6, 6.07) is 2.05. The molecule has 0 unspecified atom stereocenters. The van der Waals surface area contributed by atoms with Gasteiger partial charge in [-0.2, -0.15) is 0 Å². The second kappa shape index (κ2) is 7.36. The van der Waals surface area contributed by atoms with E-state index in [0.29, 0.717) is 18.2 Å². The van der Waals surface area contributed by atoms with E-state index < -0.39 is 0 Å². The lowest BCUT2D eigenvalue weighted by Crippen LogP contribution is -2.36. The number of carbonyl (C=O) groups is 2. The fourth-order valence-corrected chi connectivity index (χ4v) is 5.39. The maximum absolute atomic E-state index is 12.6. The Morgan fingerprint density at radius 3 is 2.85 bits per heavy atom. The van der Waals surface area contributed by atoms with Gasteiger partial charge in [0, 0.05) is 23.9 Å². The number of rotatable bonds is 3. The summed E-state index contributed by atoms with van der Waals surface area (Å²) in [7, 11) is 0. The van der Waals surface area contributed by atoms with Gasteiger partial charge in [0.05, 0.1) is 17.1 Å². The van der Waals surface area contributed by atoms with E-state index in [-0.39, 0.29) is 18.0 Å². The summed E-state index contributed by atoms with van der Waals surface area (Å²) in [6.45, 7) is 3.23. The summed E-state index contributed by atoms with van der Waals surface area (Å²) < 4.78 is 0. The first-order chi connectivity index (χ1) is 12.6. The zero-order valence-electron chi connectivity index (χ0n) is 14.7. The number of amides is 3. The summed E-state index contributed by atoms with van der Waals surface area (Å²) in [5, 5.41) is 8.49. The van der Waals surface area contributed by atoms with Gasteiger partial charge in [0.1, 0.15) is 0 Å². The van der Waals surface area contributed by atoms with Gasteiger partial charge >= 0.3 is 6.03 Å². The zero-order chi connectivity index (χ0) is 18.1. The molecule has 1 aliphatic carbocycles. The Labute approximate surface area is 160 Å². The number of fused-ring (bicyclic) bond motifs is 1. The van der Waals surface area contributed by atoms with E-state index in [1.54, 1.807) is 0 Å². The first-order valence-electron chi connectivity index (χ1n) is 8.99. The summed E-state index contributed by atoms with van der Waals surface area (Å²) >= 11 is 2.96. The van der Waals surface area contributed by atoms with Gasteiger partial charge in [-0.15, -0.1) is 11.3 Å². The standard InChI is InChI=1S/C18H22N4O2S2/c1-11-8-14(25-10-11)16(23)22-7-6-13-15(9-22)26-18(20-13)21-17(24)19-12-4-2-3-5-12/h8,10,12H,2-7,9H2,1H3,(H2,19,20,21,24). The second-order valence-corrected chi connectivity index (χ2v) is 8.93. The first kappa shape index (κ1) is 17.5. The monoisotopic (exact) mass is 390 g/mol. The van der Waals surface area contributed by atoms with Crippen molar-refractivity contribution < 1.29 is 9.59 Å². The fraction of sp³-hybridized carbons (Fsp3) is 0.500. The molecule has 0 bridgehead atoms. The van der Waals surface area contributed by atoms with Gasteiger partial charge in [-0.1, -0.05) is 24.2 Å². The SMILES string of the molecule is Cc1csc(C(=O)N2CCc3nc(NC(=O)NC4CCCC4)sc3C2)c1.